The molecule has 0 saturated heterocycles. The third-order valence-electron chi connectivity index (χ3n) is 6.40. The summed E-state index contributed by atoms with van der Waals surface area (Å²) in [6, 6.07) is 20.4. The number of hydrogen-bond donors (Lipinski definition) is 1. The molecule has 0 fully saturated rings. The van der Waals surface area contributed by atoms with Crippen molar-refractivity contribution in [3.8, 4) is 5.75 Å². The Labute approximate surface area is 208 Å². The molecule has 4 aromatic rings. The number of imidazole rings is 1. The van der Waals surface area contributed by atoms with Crippen molar-refractivity contribution in [1.82, 2.24) is 14.9 Å². The van der Waals surface area contributed by atoms with Crippen LogP contribution in [0.3, 0.4) is 0 Å². The first-order valence-corrected chi connectivity index (χ1v) is 12.4. The highest BCUT2D eigenvalue weighted by molar-refractivity contribution is 5.95. The van der Waals surface area contributed by atoms with Crippen LogP contribution in [0.2, 0.25) is 0 Å². The number of carbonyl (C=O) groups is 1. The number of aryl methyl sites for hydroxylation is 6. The maximum Gasteiger partial charge on any atom is 0.251 e. The fraction of sp³-hybridized carbons (Fsp3) is 0.333. The van der Waals surface area contributed by atoms with Crippen molar-refractivity contribution in [2.45, 2.75) is 53.5 Å². The quantitative estimate of drug-likeness (QED) is 0.286. The molecule has 0 aliphatic carbocycles. The lowest BCUT2D eigenvalue weighted by atomic mass is 10.1. The van der Waals surface area contributed by atoms with Crippen LogP contribution in [0.4, 0.5) is 0 Å². The van der Waals surface area contributed by atoms with Gasteiger partial charge in [0.25, 0.3) is 5.91 Å². The summed E-state index contributed by atoms with van der Waals surface area (Å²) in [4.78, 5) is 17.5. The highest BCUT2D eigenvalue weighted by atomic mass is 16.5. The highest BCUT2D eigenvalue weighted by Crippen LogP contribution is 2.23. The van der Waals surface area contributed by atoms with Crippen LogP contribution in [0, 0.1) is 27.7 Å². The Kier molecular flexibility index (Phi) is 7.86. The molecule has 0 spiro atoms. The highest BCUT2D eigenvalue weighted by Gasteiger charge is 2.12. The van der Waals surface area contributed by atoms with E-state index in [0.29, 0.717) is 13.2 Å². The fourth-order valence-electron chi connectivity index (χ4n) is 4.60. The molecule has 5 heteroatoms. The molecule has 3 aromatic carbocycles. The number of aromatic nitrogens is 2. The number of amides is 1. The van der Waals surface area contributed by atoms with Crippen LogP contribution < -0.4 is 10.1 Å². The zero-order valence-corrected chi connectivity index (χ0v) is 21.2. The predicted octanol–water partition coefficient (Wildman–Crippen LogP) is 6.10. The lowest BCUT2D eigenvalue weighted by molar-refractivity contribution is 0.0952. The SMILES string of the molecule is Cc1ccc(C(=O)NCCCc2nc3ccccc3n2CCCOc2c(C)cccc2C)c(C)c1. The number of ether oxygens (including phenoxy) is 1. The van der Waals surface area contributed by atoms with Gasteiger partial charge in [0, 0.05) is 25.1 Å². The predicted molar refractivity (Wildman–Crippen MR) is 142 cm³/mol. The average Bonchev–Trinajstić information content (AvgIpc) is 3.18. The molecule has 0 radical (unpaired) electrons. The van der Waals surface area contributed by atoms with Gasteiger partial charge in [0.15, 0.2) is 0 Å². The third kappa shape index (κ3) is 5.91. The van der Waals surface area contributed by atoms with Gasteiger partial charge in [-0.25, -0.2) is 4.98 Å². The van der Waals surface area contributed by atoms with Crippen molar-refractivity contribution < 1.29 is 9.53 Å². The zero-order chi connectivity index (χ0) is 24.8. The number of nitrogens with zero attached hydrogens (tertiary/aromatic N) is 2. The van der Waals surface area contributed by atoms with E-state index >= 15 is 0 Å². The number of rotatable bonds is 10. The van der Waals surface area contributed by atoms with Crippen LogP contribution in [0.15, 0.2) is 60.7 Å². The van der Waals surface area contributed by atoms with E-state index < -0.39 is 0 Å². The molecule has 1 aromatic heterocycles. The minimum atomic E-state index is -0.0142. The lowest BCUT2D eigenvalue weighted by Crippen LogP contribution is -2.25. The maximum atomic E-state index is 12.6. The van der Waals surface area contributed by atoms with Gasteiger partial charge < -0.3 is 14.6 Å². The molecule has 0 unspecified atom stereocenters. The van der Waals surface area contributed by atoms with Crippen molar-refractivity contribution in [3.63, 3.8) is 0 Å². The first kappa shape index (κ1) is 24.5. The largest absolute Gasteiger partial charge is 0.493 e. The van der Waals surface area contributed by atoms with Gasteiger partial charge >= 0.3 is 0 Å². The lowest BCUT2D eigenvalue weighted by Gasteiger charge is -2.13. The van der Waals surface area contributed by atoms with Gasteiger partial charge in [0.1, 0.15) is 11.6 Å². The van der Waals surface area contributed by atoms with E-state index in [1.54, 1.807) is 0 Å². The molecular weight excluding hydrogens is 434 g/mol. The summed E-state index contributed by atoms with van der Waals surface area (Å²) in [7, 11) is 0. The topological polar surface area (TPSA) is 56.2 Å². The van der Waals surface area contributed by atoms with E-state index in [-0.39, 0.29) is 5.91 Å². The van der Waals surface area contributed by atoms with Crippen LogP contribution in [-0.4, -0.2) is 28.6 Å². The Hall–Kier alpha value is -3.60. The number of hydrogen-bond acceptors (Lipinski definition) is 3. The Morgan fingerprint density at radius 2 is 1.69 bits per heavy atom. The monoisotopic (exact) mass is 469 g/mol. The summed E-state index contributed by atoms with van der Waals surface area (Å²) in [6.45, 7) is 10.3. The van der Waals surface area contributed by atoms with Crippen LogP contribution in [0.1, 0.15) is 51.3 Å². The first-order valence-electron chi connectivity index (χ1n) is 12.4. The summed E-state index contributed by atoms with van der Waals surface area (Å²) in [5, 5.41) is 3.07. The van der Waals surface area contributed by atoms with Crippen LogP contribution in [0.25, 0.3) is 11.0 Å². The normalized spacial score (nSPS) is 11.1. The maximum absolute atomic E-state index is 12.6. The number of benzene rings is 3. The molecule has 182 valence electrons. The zero-order valence-electron chi connectivity index (χ0n) is 21.2. The summed E-state index contributed by atoms with van der Waals surface area (Å²) < 4.78 is 8.42. The van der Waals surface area contributed by atoms with Gasteiger partial charge in [-0.1, -0.05) is 48.0 Å². The van der Waals surface area contributed by atoms with Gasteiger partial charge in [-0.05, 0) is 75.4 Å². The Bertz CT molecular complexity index is 1300. The summed E-state index contributed by atoms with van der Waals surface area (Å²) >= 11 is 0. The molecule has 1 heterocycles. The minimum absolute atomic E-state index is 0.0142. The van der Waals surface area contributed by atoms with Crippen molar-refractivity contribution >= 4 is 16.9 Å². The Morgan fingerprint density at radius 3 is 2.46 bits per heavy atom. The van der Waals surface area contributed by atoms with Crippen LogP contribution in [0.5, 0.6) is 5.75 Å². The average molecular weight is 470 g/mol. The van der Waals surface area contributed by atoms with E-state index in [1.165, 1.54) is 11.1 Å². The van der Waals surface area contributed by atoms with Crippen molar-refractivity contribution in [3.05, 3.63) is 94.3 Å². The molecule has 0 bridgehead atoms. The molecule has 1 N–H and O–H groups in total. The number of nitrogens with one attached hydrogen (secondary N) is 1. The van der Waals surface area contributed by atoms with Crippen LogP contribution >= 0.6 is 0 Å². The van der Waals surface area contributed by atoms with Crippen molar-refractivity contribution in [1.29, 1.82) is 0 Å². The third-order valence-corrected chi connectivity index (χ3v) is 6.40. The van der Waals surface area contributed by atoms with E-state index in [2.05, 4.69) is 60.1 Å². The van der Waals surface area contributed by atoms with Crippen molar-refractivity contribution in [2.24, 2.45) is 0 Å². The number of para-hydroxylation sites is 3. The standard InChI is InChI=1S/C30H35N3O2/c1-21-15-16-25(24(4)20-21)30(34)31-17-8-14-28-32-26-12-5-6-13-27(26)33(28)18-9-19-35-29-22(2)10-7-11-23(29)3/h5-7,10-13,15-16,20H,8-9,14,17-19H2,1-4H3,(H,31,34). The van der Waals surface area contributed by atoms with E-state index in [4.69, 9.17) is 9.72 Å². The van der Waals surface area contributed by atoms with Gasteiger partial charge in [-0.3, -0.25) is 4.79 Å². The fourth-order valence-corrected chi connectivity index (χ4v) is 4.60. The first-order chi connectivity index (χ1) is 16.9. The van der Waals surface area contributed by atoms with Gasteiger partial charge in [-0.2, -0.15) is 0 Å². The van der Waals surface area contributed by atoms with Gasteiger partial charge in [-0.15, -0.1) is 0 Å². The van der Waals surface area contributed by atoms with E-state index in [9.17, 15) is 4.79 Å². The van der Waals surface area contributed by atoms with Gasteiger partial charge in [0.2, 0.25) is 0 Å². The Balaban J connectivity index is 1.35. The van der Waals surface area contributed by atoms with Crippen LogP contribution in [-0.2, 0) is 13.0 Å². The molecule has 35 heavy (non-hydrogen) atoms. The second kappa shape index (κ2) is 11.2. The summed E-state index contributed by atoms with van der Waals surface area (Å²) in [5.41, 5.74) is 7.41. The van der Waals surface area contributed by atoms with Crippen molar-refractivity contribution in [2.75, 3.05) is 13.2 Å². The van der Waals surface area contributed by atoms with E-state index in [0.717, 1.165) is 65.1 Å². The summed E-state index contributed by atoms with van der Waals surface area (Å²) in [6.07, 6.45) is 2.53. The van der Waals surface area contributed by atoms with E-state index in [1.807, 2.05) is 38.1 Å². The smallest absolute Gasteiger partial charge is 0.251 e. The molecule has 0 atom stereocenters. The number of carbonyl (C=O) groups excluding carboxylic acids is 1. The second-order valence-electron chi connectivity index (χ2n) is 9.27. The van der Waals surface area contributed by atoms with Gasteiger partial charge in [0.05, 0.1) is 17.6 Å². The Morgan fingerprint density at radius 1 is 0.914 bits per heavy atom. The second-order valence-corrected chi connectivity index (χ2v) is 9.27. The summed E-state index contributed by atoms with van der Waals surface area (Å²) in [5.74, 6) is 2.03. The minimum Gasteiger partial charge on any atom is -0.493 e. The molecule has 1 amide bonds. The molecular formula is C30H35N3O2. The molecule has 0 aliphatic heterocycles. The molecule has 4 rings (SSSR count). The molecule has 0 saturated carbocycles. The number of fused-ring (bicyclic) bond motifs is 1. The molecule has 0 aliphatic rings. The molecule has 5 nitrogen and oxygen atoms in total.